The number of hydrogen-bond donors (Lipinski definition) is 1. The van der Waals surface area contributed by atoms with Gasteiger partial charge in [0.25, 0.3) is 0 Å². The van der Waals surface area contributed by atoms with E-state index in [0.717, 1.165) is 6.42 Å². The molecule has 0 aliphatic rings. The van der Waals surface area contributed by atoms with Gasteiger partial charge in [-0.05, 0) is 24.4 Å². The number of thiophene rings is 1. The Morgan fingerprint density at radius 3 is 3.00 bits per heavy atom. The summed E-state index contributed by atoms with van der Waals surface area (Å²) >= 11 is 1.67. The van der Waals surface area contributed by atoms with Crippen LogP contribution in [0.2, 0.25) is 0 Å². The molecular weight excluding hydrogens is 196 g/mol. The van der Waals surface area contributed by atoms with Crippen molar-refractivity contribution in [2.45, 2.75) is 19.4 Å². The molecule has 2 N–H and O–H groups in total. The van der Waals surface area contributed by atoms with Crippen molar-refractivity contribution in [2.75, 3.05) is 13.6 Å². The first-order valence-corrected chi connectivity index (χ1v) is 5.58. The Hall–Kier alpha value is -0.870. The molecule has 3 nitrogen and oxygen atoms in total. The van der Waals surface area contributed by atoms with E-state index in [1.807, 2.05) is 24.6 Å². The second kappa shape index (κ2) is 5.78. The van der Waals surface area contributed by atoms with Gasteiger partial charge in [0.1, 0.15) is 0 Å². The van der Waals surface area contributed by atoms with E-state index in [0.29, 0.717) is 19.5 Å². The molecule has 0 unspecified atom stereocenters. The molecule has 0 saturated heterocycles. The Morgan fingerprint density at radius 1 is 1.64 bits per heavy atom. The van der Waals surface area contributed by atoms with Crippen LogP contribution in [0.4, 0.5) is 0 Å². The highest BCUT2D eigenvalue weighted by Crippen LogP contribution is 2.11. The van der Waals surface area contributed by atoms with E-state index in [4.69, 9.17) is 5.73 Å². The number of rotatable bonds is 5. The van der Waals surface area contributed by atoms with Gasteiger partial charge < -0.3 is 10.6 Å². The minimum atomic E-state index is 0.170. The first-order valence-electron chi connectivity index (χ1n) is 4.70. The summed E-state index contributed by atoms with van der Waals surface area (Å²) in [6, 6.07) is 4.04. The van der Waals surface area contributed by atoms with E-state index in [1.54, 1.807) is 16.2 Å². The second-order valence-corrected chi connectivity index (χ2v) is 4.25. The van der Waals surface area contributed by atoms with Crippen LogP contribution >= 0.6 is 11.3 Å². The maximum absolute atomic E-state index is 11.5. The lowest BCUT2D eigenvalue weighted by Crippen LogP contribution is -2.26. The van der Waals surface area contributed by atoms with Crippen LogP contribution in [0, 0.1) is 0 Å². The molecule has 1 heterocycles. The van der Waals surface area contributed by atoms with Crippen molar-refractivity contribution in [2.24, 2.45) is 5.73 Å². The molecule has 1 amide bonds. The number of nitrogens with two attached hydrogens (primary N) is 1. The molecule has 0 fully saturated rings. The molecule has 0 radical (unpaired) electrons. The van der Waals surface area contributed by atoms with Crippen LogP contribution in [0.15, 0.2) is 17.5 Å². The molecule has 0 atom stereocenters. The molecule has 1 rings (SSSR count). The first kappa shape index (κ1) is 11.2. The fourth-order valence-electron chi connectivity index (χ4n) is 1.17. The summed E-state index contributed by atoms with van der Waals surface area (Å²) in [6.45, 7) is 1.29. The van der Waals surface area contributed by atoms with Gasteiger partial charge >= 0.3 is 0 Å². The van der Waals surface area contributed by atoms with Crippen LogP contribution in [0.3, 0.4) is 0 Å². The quantitative estimate of drug-likeness (QED) is 0.803. The number of nitrogens with zero attached hydrogens (tertiary/aromatic N) is 1. The molecule has 0 bridgehead atoms. The molecule has 4 heteroatoms. The Bertz CT molecular complexity index is 272. The Kier molecular flexibility index (Phi) is 4.62. The van der Waals surface area contributed by atoms with Gasteiger partial charge in [0.15, 0.2) is 0 Å². The number of amides is 1. The van der Waals surface area contributed by atoms with Gasteiger partial charge in [0, 0.05) is 18.3 Å². The van der Waals surface area contributed by atoms with Crippen LogP contribution in [-0.4, -0.2) is 24.4 Å². The average molecular weight is 212 g/mol. The van der Waals surface area contributed by atoms with Gasteiger partial charge in [0.2, 0.25) is 5.91 Å². The van der Waals surface area contributed by atoms with E-state index < -0.39 is 0 Å². The van der Waals surface area contributed by atoms with Crippen molar-refractivity contribution < 1.29 is 4.79 Å². The third-order valence-electron chi connectivity index (χ3n) is 1.99. The van der Waals surface area contributed by atoms with Crippen LogP contribution in [-0.2, 0) is 11.3 Å². The largest absolute Gasteiger partial charge is 0.341 e. The third kappa shape index (κ3) is 3.47. The molecule has 14 heavy (non-hydrogen) atoms. The Labute approximate surface area is 88.5 Å². The predicted molar refractivity (Wildman–Crippen MR) is 59.1 cm³/mol. The summed E-state index contributed by atoms with van der Waals surface area (Å²) in [5, 5.41) is 2.02. The number of carbonyl (C=O) groups is 1. The summed E-state index contributed by atoms with van der Waals surface area (Å²) in [5.41, 5.74) is 5.34. The zero-order valence-electron chi connectivity index (χ0n) is 8.40. The van der Waals surface area contributed by atoms with E-state index >= 15 is 0 Å². The van der Waals surface area contributed by atoms with Gasteiger partial charge in [-0.3, -0.25) is 4.79 Å². The molecule has 78 valence electrons. The summed E-state index contributed by atoms with van der Waals surface area (Å²) in [4.78, 5) is 14.5. The highest BCUT2D eigenvalue weighted by molar-refractivity contribution is 7.09. The van der Waals surface area contributed by atoms with Crippen molar-refractivity contribution in [3.63, 3.8) is 0 Å². The highest BCUT2D eigenvalue weighted by Gasteiger charge is 2.08. The van der Waals surface area contributed by atoms with E-state index in [2.05, 4.69) is 0 Å². The molecule has 0 aliphatic carbocycles. The summed E-state index contributed by atoms with van der Waals surface area (Å²) < 4.78 is 0. The van der Waals surface area contributed by atoms with Gasteiger partial charge in [-0.1, -0.05) is 6.07 Å². The minimum Gasteiger partial charge on any atom is -0.341 e. The van der Waals surface area contributed by atoms with Crippen molar-refractivity contribution >= 4 is 17.2 Å². The molecule has 0 aromatic carbocycles. The molecular formula is C10H16N2OS. The monoisotopic (exact) mass is 212 g/mol. The van der Waals surface area contributed by atoms with Crippen molar-refractivity contribution in [3.8, 4) is 0 Å². The summed E-state index contributed by atoms with van der Waals surface area (Å²) in [6.07, 6.45) is 1.33. The van der Waals surface area contributed by atoms with E-state index in [1.165, 1.54) is 4.88 Å². The van der Waals surface area contributed by atoms with Crippen LogP contribution in [0.5, 0.6) is 0 Å². The minimum absolute atomic E-state index is 0.170. The van der Waals surface area contributed by atoms with Crippen LogP contribution in [0.25, 0.3) is 0 Å². The highest BCUT2D eigenvalue weighted by atomic mass is 32.1. The number of carbonyl (C=O) groups excluding carboxylic acids is 1. The van der Waals surface area contributed by atoms with Gasteiger partial charge in [0.05, 0.1) is 6.54 Å². The third-order valence-corrected chi connectivity index (χ3v) is 2.85. The van der Waals surface area contributed by atoms with Crippen molar-refractivity contribution in [1.29, 1.82) is 0 Å². The van der Waals surface area contributed by atoms with Gasteiger partial charge in [-0.2, -0.15) is 0 Å². The van der Waals surface area contributed by atoms with Gasteiger partial charge in [-0.15, -0.1) is 11.3 Å². The summed E-state index contributed by atoms with van der Waals surface area (Å²) in [7, 11) is 1.83. The zero-order valence-corrected chi connectivity index (χ0v) is 9.22. The lowest BCUT2D eigenvalue weighted by molar-refractivity contribution is -0.130. The average Bonchev–Trinajstić information content (AvgIpc) is 2.66. The fraction of sp³-hybridized carbons (Fsp3) is 0.500. The first-order chi connectivity index (χ1) is 6.74. The van der Waals surface area contributed by atoms with E-state index in [-0.39, 0.29) is 5.91 Å². The maximum atomic E-state index is 11.5. The standard InChI is InChI=1S/C10H16N2OS/c1-12(10(13)5-2-6-11)8-9-4-3-7-14-9/h3-4,7H,2,5-6,8,11H2,1H3. The molecule has 0 spiro atoms. The Balaban J connectivity index is 2.34. The predicted octanol–water partition coefficient (Wildman–Crippen LogP) is 1.45. The van der Waals surface area contributed by atoms with Gasteiger partial charge in [-0.25, -0.2) is 0 Å². The molecule has 1 aromatic rings. The lowest BCUT2D eigenvalue weighted by Gasteiger charge is -2.15. The summed E-state index contributed by atoms with van der Waals surface area (Å²) in [5.74, 6) is 0.170. The lowest BCUT2D eigenvalue weighted by atomic mass is 10.3. The molecule has 1 aromatic heterocycles. The molecule has 0 aliphatic heterocycles. The normalized spacial score (nSPS) is 10.1. The molecule has 0 saturated carbocycles. The topological polar surface area (TPSA) is 46.3 Å². The SMILES string of the molecule is CN(Cc1cccs1)C(=O)CCCN. The fourth-order valence-corrected chi connectivity index (χ4v) is 1.93. The zero-order chi connectivity index (χ0) is 10.4. The van der Waals surface area contributed by atoms with Crippen molar-refractivity contribution in [3.05, 3.63) is 22.4 Å². The second-order valence-electron chi connectivity index (χ2n) is 3.22. The maximum Gasteiger partial charge on any atom is 0.222 e. The van der Waals surface area contributed by atoms with Crippen LogP contribution < -0.4 is 5.73 Å². The Morgan fingerprint density at radius 2 is 2.43 bits per heavy atom. The van der Waals surface area contributed by atoms with E-state index in [9.17, 15) is 4.79 Å². The smallest absolute Gasteiger partial charge is 0.222 e. The van der Waals surface area contributed by atoms with Crippen molar-refractivity contribution in [1.82, 2.24) is 4.90 Å². The van der Waals surface area contributed by atoms with Crippen LogP contribution in [0.1, 0.15) is 17.7 Å². The number of hydrogen-bond acceptors (Lipinski definition) is 3.